The Kier molecular flexibility index (Phi) is 7.33. The van der Waals surface area contributed by atoms with Gasteiger partial charge in [0.15, 0.2) is 0 Å². The smallest absolute Gasteiger partial charge is 0.296 e. The summed E-state index contributed by atoms with van der Waals surface area (Å²) < 4.78 is 131. The molecule has 4 rings (SSSR count). The third kappa shape index (κ3) is 6.28. The lowest BCUT2D eigenvalue weighted by Crippen LogP contribution is -2.13. The van der Waals surface area contributed by atoms with E-state index in [-0.39, 0.29) is 33.8 Å². The van der Waals surface area contributed by atoms with Crippen molar-refractivity contribution in [1.29, 1.82) is 0 Å². The Balaban J connectivity index is 1.79. The maximum Gasteiger partial charge on any atom is 0.296 e. The van der Waals surface area contributed by atoms with Gasteiger partial charge in [-0.05, 0) is 36.8 Å². The quantitative estimate of drug-likeness (QED) is 0.0944. The zero-order valence-corrected chi connectivity index (χ0v) is 23.5. The number of rotatable bonds is 7. The van der Waals surface area contributed by atoms with Gasteiger partial charge in [0.05, 0.1) is 21.0 Å². The highest BCUT2D eigenvalue weighted by atomic mass is 32.2. The van der Waals surface area contributed by atoms with E-state index in [0.717, 1.165) is 12.1 Å². The summed E-state index contributed by atoms with van der Waals surface area (Å²) in [5.41, 5.74) is 5.60. The molecule has 0 aliphatic rings. The molecule has 4 aromatic rings. The number of fused-ring (bicyclic) bond motifs is 1. The van der Waals surface area contributed by atoms with E-state index in [4.69, 9.17) is 5.73 Å². The second kappa shape index (κ2) is 9.95. The predicted octanol–water partition coefficient (Wildman–Crippen LogP) is 1.56. The van der Waals surface area contributed by atoms with Gasteiger partial charge < -0.3 is 10.7 Å². The Hall–Kier alpha value is -3.76. The lowest BCUT2D eigenvalue weighted by atomic mass is 10.1. The van der Waals surface area contributed by atoms with Crippen molar-refractivity contribution >= 4 is 63.0 Å². The highest BCUT2D eigenvalue weighted by Gasteiger charge is 2.25. The summed E-state index contributed by atoms with van der Waals surface area (Å²) in [6.45, 7) is 1.27. The summed E-state index contributed by atoms with van der Waals surface area (Å²) in [5, 5.41) is 0. The van der Waals surface area contributed by atoms with Crippen LogP contribution < -0.4 is 5.73 Å². The van der Waals surface area contributed by atoms with E-state index in [2.05, 4.69) is 15.0 Å². The average molecular weight is 647 g/mol. The van der Waals surface area contributed by atoms with E-state index < -0.39 is 65.7 Å². The van der Waals surface area contributed by atoms with E-state index in [1.807, 2.05) is 0 Å². The topological polar surface area (TPSA) is 285 Å². The fraction of sp³-hybridized carbons (Fsp3) is 0.0476. The highest BCUT2D eigenvalue weighted by molar-refractivity contribution is 7.87. The number of imidazole rings is 1. The van der Waals surface area contributed by atoms with Gasteiger partial charge in [-0.1, -0.05) is 24.3 Å². The third-order valence-corrected chi connectivity index (χ3v) is 9.00. The highest BCUT2D eigenvalue weighted by Crippen LogP contribution is 2.32. The number of hydrogen-bond acceptors (Lipinski definition) is 10. The fourth-order valence-corrected chi connectivity index (χ4v) is 6.41. The predicted molar refractivity (Wildman–Crippen MR) is 142 cm³/mol. The molecule has 0 saturated carbocycles. The second-order valence-electron chi connectivity index (χ2n) is 8.46. The maximum atomic E-state index is 11.9. The van der Waals surface area contributed by atoms with Gasteiger partial charge >= 0.3 is 0 Å². The third-order valence-electron chi connectivity index (χ3n) is 5.60. The number of amidine groups is 1. The Bertz CT molecular complexity index is 2210. The van der Waals surface area contributed by atoms with Crippen LogP contribution in [-0.4, -0.2) is 67.7 Å². The van der Waals surface area contributed by atoms with Gasteiger partial charge in [0.2, 0.25) is 0 Å². The fourth-order valence-electron chi connectivity index (χ4n) is 3.73. The van der Waals surface area contributed by atoms with E-state index in [9.17, 15) is 51.9 Å². The lowest BCUT2D eigenvalue weighted by molar-refractivity contribution is 0.477. The summed E-state index contributed by atoms with van der Waals surface area (Å²) in [7, 11) is -19.6. The number of nitrogens with one attached hydrogen (secondary N) is 1. The number of benzene rings is 3. The van der Waals surface area contributed by atoms with Crippen LogP contribution >= 0.6 is 0 Å². The van der Waals surface area contributed by atoms with Gasteiger partial charge in [-0.25, -0.2) is 9.98 Å². The van der Waals surface area contributed by atoms with Crippen LogP contribution in [0.1, 0.15) is 11.1 Å². The van der Waals surface area contributed by atoms with Crippen LogP contribution in [0.3, 0.4) is 0 Å². The minimum absolute atomic E-state index is 0.0183. The average Bonchev–Trinajstić information content (AvgIpc) is 3.26. The number of nitrogens with zero attached hydrogens (tertiary/aromatic N) is 2. The minimum atomic E-state index is -5.01. The van der Waals surface area contributed by atoms with Crippen LogP contribution in [0.5, 0.6) is 0 Å². The van der Waals surface area contributed by atoms with E-state index in [1.165, 1.54) is 31.2 Å². The Morgan fingerprint density at radius 3 is 1.78 bits per heavy atom. The summed E-state index contributed by atoms with van der Waals surface area (Å²) in [6, 6.07) is 8.53. The Labute approximate surface area is 232 Å². The van der Waals surface area contributed by atoms with Crippen molar-refractivity contribution < 1.29 is 51.9 Å². The molecule has 20 heteroatoms. The van der Waals surface area contributed by atoms with Crippen LogP contribution in [0.15, 0.2) is 73.1 Å². The second-order valence-corrected chi connectivity index (χ2v) is 14.1. The summed E-state index contributed by atoms with van der Waals surface area (Å²) in [6.07, 6.45) is 0. The van der Waals surface area contributed by atoms with Crippen molar-refractivity contribution in [3.05, 3.63) is 59.7 Å². The Morgan fingerprint density at radius 1 is 0.756 bits per heavy atom. The van der Waals surface area contributed by atoms with Gasteiger partial charge in [0.1, 0.15) is 27.0 Å². The van der Waals surface area contributed by atoms with Crippen molar-refractivity contribution in [3.8, 4) is 11.4 Å². The molecule has 16 nitrogen and oxygen atoms in total. The molecule has 0 saturated heterocycles. The first-order valence-corrected chi connectivity index (χ1v) is 16.5. The molecule has 0 bridgehead atoms. The zero-order chi connectivity index (χ0) is 30.7. The molecule has 7 N–H and O–H groups in total. The molecule has 41 heavy (non-hydrogen) atoms. The first kappa shape index (κ1) is 30.2. The summed E-state index contributed by atoms with van der Waals surface area (Å²) in [4.78, 5) is 7.39. The molecular weight excluding hydrogens is 629 g/mol. The van der Waals surface area contributed by atoms with Crippen LogP contribution in [-0.2, 0) is 40.5 Å². The standard InChI is InChI=1S/C21H18N4O12S4/c1-10-6-13(38(26,27)28)8-16(40(32,33)34)18(10)24-20(22)11-2-4-12(5-3-11)21-23-15-7-14(39(29,30)31)9-17(19(15)25-21)41(35,36)37/h2-9H,1H3,(H2,22,24)(H,23,25)(H,26,27,28)(H,29,30,31)(H,32,33,34)(H,35,36,37). The van der Waals surface area contributed by atoms with Gasteiger partial charge in [0, 0.05) is 11.1 Å². The number of aryl methyl sites for hydroxylation is 1. The lowest BCUT2D eigenvalue weighted by Gasteiger charge is -2.10. The molecule has 0 spiro atoms. The number of aromatic nitrogens is 2. The normalized spacial score (nSPS) is 13.5. The van der Waals surface area contributed by atoms with Gasteiger partial charge in [-0.2, -0.15) is 33.7 Å². The number of nitrogens with two attached hydrogens (primary N) is 1. The van der Waals surface area contributed by atoms with Crippen LogP contribution in [0.25, 0.3) is 22.4 Å². The molecule has 0 radical (unpaired) electrons. The molecule has 1 heterocycles. The first-order valence-electron chi connectivity index (χ1n) is 10.7. The molecular formula is C21H18N4O12S4. The SMILES string of the molecule is Cc1cc(S(=O)(=O)O)cc(S(=O)(=O)O)c1N=C(N)c1ccc(-c2nc3c(S(=O)(=O)O)cc(S(=O)(=O)O)cc3[nH]2)cc1. The minimum Gasteiger partial charge on any atom is -0.383 e. The number of aromatic amines is 1. The maximum absolute atomic E-state index is 11.9. The largest absolute Gasteiger partial charge is 0.383 e. The van der Waals surface area contributed by atoms with E-state index >= 15 is 0 Å². The van der Waals surface area contributed by atoms with Crippen molar-refractivity contribution in [2.24, 2.45) is 10.7 Å². The molecule has 0 aliphatic heterocycles. The molecule has 0 atom stereocenters. The zero-order valence-electron chi connectivity index (χ0n) is 20.3. The van der Waals surface area contributed by atoms with Crippen molar-refractivity contribution in [1.82, 2.24) is 9.97 Å². The molecule has 3 aromatic carbocycles. The molecule has 1 aromatic heterocycles. The molecule has 218 valence electrons. The van der Waals surface area contributed by atoms with E-state index in [0.29, 0.717) is 17.7 Å². The summed E-state index contributed by atoms with van der Waals surface area (Å²) >= 11 is 0. The number of H-pyrrole nitrogens is 1. The van der Waals surface area contributed by atoms with Crippen LogP contribution in [0.2, 0.25) is 0 Å². The van der Waals surface area contributed by atoms with Crippen LogP contribution in [0, 0.1) is 6.92 Å². The monoisotopic (exact) mass is 646 g/mol. The van der Waals surface area contributed by atoms with Gasteiger partial charge in [-0.3, -0.25) is 18.2 Å². The molecule has 0 amide bonds. The van der Waals surface area contributed by atoms with Crippen molar-refractivity contribution in [2.45, 2.75) is 26.5 Å². The van der Waals surface area contributed by atoms with Crippen molar-refractivity contribution in [3.63, 3.8) is 0 Å². The van der Waals surface area contributed by atoms with Gasteiger partial charge in [0.25, 0.3) is 40.5 Å². The first-order chi connectivity index (χ1) is 18.7. The van der Waals surface area contributed by atoms with E-state index in [1.54, 1.807) is 0 Å². The molecule has 0 fully saturated rings. The molecule has 0 aliphatic carbocycles. The Morgan fingerprint density at radius 2 is 1.27 bits per heavy atom. The van der Waals surface area contributed by atoms with Crippen LogP contribution in [0.4, 0.5) is 5.69 Å². The van der Waals surface area contributed by atoms with Gasteiger partial charge in [-0.15, -0.1) is 0 Å². The number of hydrogen-bond donors (Lipinski definition) is 6. The molecule has 0 unspecified atom stereocenters. The van der Waals surface area contributed by atoms with Crippen molar-refractivity contribution in [2.75, 3.05) is 0 Å². The number of aliphatic imine (C=N–C) groups is 1. The summed E-state index contributed by atoms with van der Waals surface area (Å²) in [5.74, 6) is -0.259.